The molecule has 0 radical (unpaired) electrons. The second-order valence-corrected chi connectivity index (χ2v) is 3.73. The van der Waals surface area contributed by atoms with Crippen LogP contribution in [0.3, 0.4) is 0 Å². The topological polar surface area (TPSA) is 43.1 Å². The van der Waals surface area contributed by atoms with Gasteiger partial charge >= 0.3 is 6.18 Å². The van der Waals surface area contributed by atoms with Gasteiger partial charge in [0.25, 0.3) is 5.69 Å². The van der Waals surface area contributed by atoms with E-state index in [1.54, 1.807) is 0 Å². The molecule has 0 heterocycles. The van der Waals surface area contributed by atoms with Crippen molar-refractivity contribution in [2.24, 2.45) is 0 Å². The van der Waals surface area contributed by atoms with E-state index in [1.165, 1.54) is 12.1 Å². The molecular weight excluding hydrogens is 282 g/mol. The highest BCUT2D eigenvalue weighted by Crippen LogP contribution is 2.35. The van der Waals surface area contributed by atoms with Gasteiger partial charge in [0.2, 0.25) is 0 Å². The molecule has 0 saturated carbocycles. The Hall–Kier alpha value is -1.27. The van der Waals surface area contributed by atoms with E-state index in [9.17, 15) is 23.3 Å². The van der Waals surface area contributed by atoms with Crippen LogP contribution in [0.25, 0.3) is 6.08 Å². The van der Waals surface area contributed by atoms with Crippen LogP contribution in [0.4, 0.5) is 18.9 Å². The van der Waals surface area contributed by atoms with Crippen molar-refractivity contribution in [3.63, 3.8) is 0 Å². The molecule has 0 aromatic heterocycles. The van der Waals surface area contributed by atoms with Gasteiger partial charge in [-0.25, -0.2) is 0 Å². The zero-order valence-electron chi connectivity index (χ0n) is 7.96. The summed E-state index contributed by atoms with van der Waals surface area (Å²) in [5.74, 6) is 0. The van der Waals surface area contributed by atoms with Crippen molar-refractivity contribution >= 4 is 35.0 Å². The molecule has 8 heteroatoms. The van der Waals surface area contributed by atoms with Crippen LogP contribution in [0.5, 0.6) is 0 Å². The molecule has 0 fully saturated rings. The molecule has 92 valence electrons. The first-order valence-electron chi connectivity index (χ1n) is 4.11. The standard InChI is InChI=1S/C9H4Cl2F3NO2/c10-6-2-1-3-7(15(16)17)5(6)4-8(11)9(12,13)14/h1-4H. The van der Waals surface area contributed by atoms with E-state index in [-0.39, 0.29) is 10.6 Å². The molecule has 1 rings (SSSR count). The fourth-order valence-corrected chi connectivity index (χ4v) is 1.37. The first-order chi connectivity index (χ1) is 7.73. The third kappa shape index (κ3) is 3.34. The molecule has 0 spiro atoms. The van der Waals surface area contributed by atoms with E-state index in [0.29, 0.717) is 6.08 Å². The molecular formula is C9H4Cl2F3NO2. The van der Waals surface area contributed by atoms with Gasteiger partial charge in [0.05, 0.1) is 15.5 Å². The van der Waals surface area contributed by atoms with Gasteiger partial charge in [-0.3, -0.25) is 10.1 Å². The van der Waals surface area contributed by atoms with Gasteiger partial charge in [0, 0.05) is 6.07 Å². The maximum atomic E-state index is 12.2. The van der Waals surface area contributed by atoms with E-state index in [0.717, 1.165) is 6.07 Å². The highest BCUT2D eigenvalue weighted by Gasteiger charge is 2.33. The Kier molecular flexibility index (Phi) is 4.00. The van der Waals surface area contributed by atoms with Gasteiger partial charge in [-0.15, -0.1) is 0 Å². The Morgan fingerprint density at radius 3 is 2.47 bits per heavy atom. The largest absolute Gasteiger partial charge is 0.426 e. The van der Waals surface area contributed by atoms with E-state index in [1.807, 2.05) is 0 Å². The molecule has 17 heavy (non-hydrogen) atoms. The monoisotopic (exact) mass is 285 g/mol. The minimum absolute atomic E-state index is 0.179. The molecule has 0 atom stereocenters. The second-order valence-electron chi connectivity index (χ2n) is 2.92. The Morgan fingerprint density at radius 1 is 1.41 bits per heavy atom. The normalized spacial score (nSPS) is 12.6. The number of halogens is 5. The van der Waals surface area contributed by atoms with Crippen LogP contribution in [0.2, 0.25) is 5.02 Å². The maximum absolute atomic E-state index is 12.2. The molecule has 0 N–H and O–H groups in total. The van der Waals surface area contributed by atoms with Crippen molar-refractivity contribution < 1.29 is 18.1 Å². The molecule has 0 aliphatic rings. The van der Waals surface area contributed by atoms with Crippen LogP contribution in [-0.4, -0.2) is 11.1 Å². The lowest BCUT2D eigenvalue weighted by atomic mass is 10.1. The molecule has 0 amide bonds. The third-order valence-electron chi connectivity index (χ3n) is 1.77. The fraction of sp³-hybridized carbons (Fsp3) is 0.111. The summed E-state index contributed by atoms with van der Waals surface area (Å²) < 4.78 is 36.6. The minimum atomic E-state index is -4.77. The highest BCUT2D eigenvalue weighted by atomic mass is 35.5. The van der Waals surface area contributed by atoms with Crippen LogP contribution in [0.15, 0.2) is 23.2 Å². The number of hydrogen-bond donors (Lipinski definition) is 0. The van der Waals surface area contributed by atoms with E-state index >= 15 is 0 Å². The van der Waals surface area contributed by atoms with Crippen LogP contribution in [-0.2, 0) is 0 Å². The summed E-state index contributed by atoms with van der Waals surface area (Å²) in [5, 5.41) is 8.94. The first kappa shape index (κ1) is 13.8. The maximum Gasteiger partial charge on any atom is 0.426 e. The van der Waals surface area contributed by atoms with Gasteiger partial charge in [-0.2, -0.15) is 13.2 Å². The number of rotatable bonds is 2. The number of nitro groups is 1. The number of nitro benzene ring substituents is 1. The van der Waals surface area contributed by atoms with Crippen LogP contribution in [0, 0.1) is 10.1 Å². The first-order valence-corrected chi connectivity index (χ1v) is 4.86. The van der Waals surface area contributed by atoms with Crippen LogP contribution < -0.4 is 0 Å². The van der Waals surface area contributed by atoms with Crippen molar-refractivity contribution in [1.29, 1.82) is 0 Å². The predicted molar refractivity (Wildman–Crippen MR) is 58.0 cm³/mol. The summed E-state index contributed by atoms with van der Waals surface area (Å²) in [5.41, 5.74) is -0.915. The SMILES string of the molecule is O=[N+]([O-])c1cccc(Cl)c1C=C(Cl)C(F)(F)F. The molecule has 0 saturated heterocycles. The van der Waals surface area contributed by atoms with Crippen LogP contribution in [0.1, 0.15) is 5.56 Å². The summed E-state index contributed by atoms with van der Waals surface area (Å²) >= 11 is 10.6. The van der Waals surface area contributed by atoms with E-state index in [2.05, 4.69) is 0 Å². The van der Waals surface area contributed by atoms with Gasteiger partial charge < -0.3 is 0 Å². The average molecular weight is 286 g/mol. The molecule has 1 aromatic carbocycles. The minimum Gasteiger partial charge on any atom is -0.258 e. The lowest BCUT2D eigenvalue weighted by molar-refractivity contribution is -0.385. The smallest absolute Gasteiger partial charge is 0.258 e. The van der Waals surface area contributed by atoms with Gasteiger partial charge in [0.1, 0.15) is 5.03 Å². The third-order valence-corrected chi connectivity index (χ3v) is 2.42. The highest BCUT2D eigenvalue weighted by molar-refractivity contribution is 6.35. The zero-order valence-corrected chi connectivity index (χ0v) is 9.47. The van der Waals surface area contributed by atoms with Crippen molar-refractivity contribution in [3.8, 4) is 0 Å². The molecule has 0 aliphatic carbocycles. The number of nitrogens with zero attached hydrogens (tertiary/aromatic N) is 1. The molecule has 0 aliphatic heterocycles. The lowest BCUT2D eigenvalue weighted by Crippen LogP contribution is -2.07. The molecule has 3 nitrogen and oxygen atoms in total. The van der Waals surface area contributed by atoms with Crippen molar-refractivity contribution in [1.82, 2.24) is 0 Å². The zero-order chi connectivity index (χ0) is 13.2. The number of allylic oxidation sites excluding steroid dienone is 1. The van der Waals surface area contributed by atoms with Crippen molar-refractivity contribution in [2.75, 3.05) is 0 Å². The van der Waals surface area contributed by atoms with E-state index in [4.69, 9.17) is 23.2 Å². The van der Waals surface area contributed by atoms with Crippen molar-refractivity contribution in [3.05, 3.63) is 43.9 Å². The summed E-state index contributed by atoms with van der Waals surface area (Å²) in [4.78, 5) is 9.76. The van der Waals surface area contributed by atoms with Gasteiger partial charge in [-0.1, -0.05) is 29.3 Å². The molecule has 0 unspecified atom stereocenters. The lowest BCUT2D eigenvalue weighted by Gasteiger charge is -2.05. The fourth-order valence-electron chi connectivity index (χ4n) is 1.04. The average Bonchev–Trinajstić information content (AvgIpc) is 2.18. The summed E-state index contributed by atoms with van der Waals surface area (Å²) in [7, 11) is 0. The molecule has 0 bridgehead atoms. The van der Waals surface area contributed by atoms with Gasteiger partial charge in [-0.05, 0) is 12.1 Å². The Labute approximate surface area is 104 Å². The summed E-state index contributed by atoms with van der Waals surface area (Å²) in [6.45, 7) is 0. The number of hydrogen-bond acceptors (Lipinski definition) is 2. The summed E-state index contributed by atoms with van der Waals surface area (Å²) in [6, 6.07) is 3.54. The predicted octanol–water partition coefficient (Wildman–Crippen LogP) is 4.39. The Balaban J connectivity index is 3.36. The quantitative estimate of drug-likeness (QED) is 0.597. The Bertz CT molecular complexity index is 486. The van der Waals surface area contributed by atoms with Crippen LogP contribution >= 0.6 is 23.2 Å². The van der Waals surface area contributed by atoms with E-state index < -0.39 is 21.8 Å². The number of benzene rings is 1. The van der Waals surface area contributed by atoms with Crippen molar-refractivity contribution in [2.45, 2.75) is 6.18 Å². The number of alkyl halides is 3. The van der Waals surface area contributed by atoms with Gasteiger partial charge in [0.15, 0.2) is 0 Å². The Morgan fingerprint density at radius 2 is 2.00 bits per heavy atom. The second kappa shape index (κ2) is 4.93. The summed E-state index contributed by atoms with van der Waals surface area (Å²) in [6.07, 6.45) is -4.34. The molecule has 1 aromatic rings.